The molecule has 6 nitrogen and oxygen atoms in total. The van der Waals surface area contributed by atoms with Crippen molar-refractivity contribution < 1.29 is 17.6 Å². The standard InChI is InChI=1S/C11H9ClFN3O3S2/c12-8-4-5-9(20-8)21(18,19)16-10-6(11(17)15-14)2-1-3-7(10)13/h1-5,16H,14H2,(H,15,17). The first-order valence-corrected chi connectivity index (χ1v) is 8.10. The highest BCUT2D eigenvalue weighted by atomic mass is 35.5. The Hall–Kier alpha value is -1.68. The first-order chi connectivity index (χ1) is 9.85. The van der Waals surface area contributed by atoms with Gasteiger partial charge in [0.2, 0.25) is 0 Å². The summed E-state index contributed by atoms with van der Waals surface area (Å²) in [5.74, 6) is 3.26. The Balaban J connectivity index is 2.46. The summed E-state index contributed by atoms with van der Waals surface area (Å²) in [7, 11) is -4.06. The molecule has 0 radical (unpaired) electrons. The summed E-state index contributed by atoms with van der Waals surface area (Å²) in [5, 5.41) is 0. The molecule has 10 heteroatoms. The Morgan fingerprint density at radius 1 is 1.29 bits per heavy atom. The summed E-state index contributed by atoms with van der Waals surface area (Å²) in [5.41, 5.74) is 1.11. The summed E-state index contributed by atoms with van der Waals surface area (Å²) in [4.78, 5) is 11.6. The van der Waals surface area contributed by atoms with Crippen LogP contribution in [-0.4, -0.2) is 14.3 Å². The lowest BCUT2D eigenvalue weighted by Gasteiger charge is -2.11. The van der Waals surface area contributed by atoms with E-state index in [0.717, 1.165) is 17.4 Å². The number of hydrogen-bond acceptors (Lipinski definition) is 5. The van der Waals surface area contributed by atoms with Gasteiger partial charge in [0.15, 0.2) is 0 Å². The lowest BCUT2D eigenvalue weighted by atomic mass is 10.1. The van der Waals surface area contributed by atoms with Gasteiger partial charge in [-0.15, -0.1) is 11.3 Å². The van der Waals surface area contributed by atoms with Crippen molar-refractivity contribution >= 4 is 44.6 Å². The molecule has 0 unspecified atom stereocenters. The van der Waals surface area contributed by atoms with Crippen LogP contribution in [0.25, 0.3) is 0 Å². The second-order valence-electron chi connectivity index (χ2n) is 3.80. The third-order valence-corrected chi connectivity index (χ3v) is 5.51. The Labute approximate surface area is 128 Å². The van der Waals surface area contributed by atoms with Crippen LogP contribution in [-0.2, 0) is 10.0 Å². The van der Waals surface area contributed by atoms with Crippen molar-refractivity contribution in [3.05, 3.63) is 46.0 Å². The van der Waals surface area contributed by atoms with Crippen molar-refractivity contribution in [2.45, 2.75) is 4.21 Å². The quantitative estimate of drug-likeness (QED) is 0.446. The summed E-state index contributed by atoms with van der Waals surface area (Å²) < 4.78 is 40.3. The average molecular weight is 350 g/mol. The average Bonchev–Trinajstić information content (AvgIpc) is 2.87. The minimum Gasteiger partial charge on any atom is -0.290 e. The summed E-state index contributed by atoms with van der Waals surface area (Å²) in [6.07, 6.45) is 0. The van der Waals surface area contributed by atoms with Gasteiger partial charge in [-0.25, -0.2) is 18.7 Å². The minimum atomic E-state index is -4.06. The van der Waals surface area contributed by atoms with Crippen molar-refractivity contribution in [3.8, 4) is 0 Å². The number of carbonyl (C=O) groups excluding carboxylic acids is 1. The van der Waals surface area contributed by atoms with Crippen LogP contribution in [0.4, 0.5) is 10.1 Å². The molecule has 0 aliphatic carbocycles. The SMILES string of the molecule is NNC(=O)c1cccc(F)c1NS(=O)(=O)c1ccc(Cl)s1. The van der Waals surface area contributed by atoms with E-state index in [1.807, 2.05) is 10.1 Å². The van der Waals surface area contributed by atoms with Crippen molar-refractivity contribution in [1.29, 1.82) is 0 Å². The first kappa shape index (κ1) is 15.7. The van der Waals surface area contributed by atoms with Crippen molar-refractivity contribution in [2.75, 3.05) is 4.72 Å². The lowest BCUT2D eigenvalue weighted by molar-refractivity contribution is 0.0954. The predicted molar refractivity (Wildman–Crippen MR) is 78.2 cm³/mol. The van der Waals surface area contributed by atoms with Gasteiger partial charge >= 0.3 is 0 Å². The Kier molecular flexibility index (Phi) is 4.47. The van der Waals surface area contributed by atoms with E-state index in [4.69, 9.17) is 17.4 Å². The topological polar surface area (TPSA) is 101 Å². The van der Waals surface area contributed by atoms with Crippen LogP contribution in [0.1, 0.15) is 10.4 Å². The molecule has 2 aromatic rings. The molecule has 0 aliphatic rings. The van der Waals surface area contributed by atoms with Crippen LogP contribution in [0, 0.1) is 5.82 Å². The van der Waals surface area contributed by atoms with E-state index in [1.165, 1.54) is 24.3 Å². The normalized spacial score (nSPS) is 11.2. The van der Waals surface area contributed by atoms with Gasteiger partial charge in [-0.2, -0.15) is 0 Å². The van der Waals surface area contributed by atoms with E-state index in [1.54, 1.807) is 0 Å². The van der Waals surface area contributed by atoms with Crippen LogP contribution < -0.4 is 16.0 Å². The van der Waals surface area contributed by atoms with E-state index in [9.17, 15) is 17.6 Å². The second-order valence-corrected chi connectivity index (χ2v) is 7.42. The fraction of sp³-hybridized carbons (Fsp3) is 0. The molecule has 1 aromatic heterocycles. The van der Waals surface area contributed by atoms with Crippen molar-refractivity contribution in [1.82, 2.24) is 5.43 Å². The van der Waals surface area contributed by atoms with E-state index in [-0.39, 0.29) is 14.1 Å². The highest BCUT2D eigenvalue weighted by Gasteiger charge is 2.22. The molecule has 0 saturated heterocycles. The molecular formula is C11H9ClFN3O3S2. The summed E-state index contributed by atoms with van der Waals surface area (Å²) in [6, 6.07) is 6.20. The molecule has 0 saturated carbocycles. The molecule has 21 heavy (non-hydrogen) atoms. The van der Waals surface area contributed by atoms with E-state index >= 15 is 0 Å². The Morgan fingerprint density at radius 2 is 2.00 bits per heavy atom. The van der Waals surface area contributed by atoms with Gasteiger partial charge in [-0.1, -0.05) is 17.7 Å². The number of carbonyl (C=O) groups is 1. The molecule has 2 rings (SSSR count). The van der Waals surface area contributed by atoms with Gasteiger partial charge in [0.25, 0.3) is 15.9 Å². The predicted octanol–water partition coefficient (Wildman–Crippen LogP) is 1.94. The fourth-order valence-corrected chi connectivity index (χ4v) is 4.09. The Bertz CT molecular complexity index is 792. The zero-order chi connectivity index (χ0) is 15.6. The molecule has 0 spiro atoms. The van der Waals surface area contributed by atoms with Gasteiger partial charge in [0.05, 0.1) is 15.6 Å². The molecule has 0 fully saturated rings. The number of amides is 1. The van der Waals surface area contributed by atoms with Gasteiger partial charge in [-0.05, 0) is 24.3 Å². The molecule has 112 valence electrons. The van der Waals surface area contributed by atoms with Gasteiger partial charge in [0.1, 0.15) is 10.0 Å². The summed E-state index contributed by atoms with van der Waals surface area (Å²) >= 11 is 6.48. The van der Waals surface area contributed by atoms with Crippen LogP contribution in [0.2, 0.25) is 4.34 Å². The third kappa shape index (κ3) is 3.32. The monoisotopic (exact) mass is 349 g/mol. The number of anilines is 1. The van der Waals surface area contributed by atoms with E-state index in [0.29, 0.717) is 0 Å². The number of benzene rings is 1. The van der Waals surface area contributed by atoms with Crippen molar-refractivity contribution in [2.24, 2.45) is 5.84 Å². The zero-order valence-corrected chi connectivity index (χ0v) is 12.7. The van der Waals surface area contributed by atoms with Gasteiger partial charge in [0, 0.05) is 0 Å². The number of nitrogens with two attached hydrogens (primary N) is 1. The Morgan fingerprint density at radius 3 is 2.57 bits per heavy atom. The van der Waals surface area contributed by atoms with Crippen LogP contribution >= 0.6 is 22.9 Å². The number of sulfonamides is 1. The molecule has 1 heterocycles. The third-order valence-electron chi connectivity index (χ3n) is 2.44. The molecule has 1 aromatic carbocycles. The maximum absolute atomic E-state index is 13.8. The maximum atomic E-state index is 13.8. The number of hydrogen-bond donors (Lipinski definition) is 3. The van der Waals surface area contributed by atoms with Crippen LogP contribution in [0.3, 0.4) is 0 Å². The summed E-state index contributed by atoms with van der Waals surface area (Å²) in [6.45, 7) is 0. The smallest absolute Gasteiger partial charge is 0.271 e. The molecule has 4 N–H and O–H groups in total. The number of nitrogens with one attached hydrogen (secondary N) is 2. The number of halogens is 2. The first-order valence-electron chi connectivity index (χ1n) is 5.43. The van der Waals surface area contributed by atoms with Crippen LogP contribution in [0.5, 0.6) is 0 Å². The molecule has 0 atom stereocenters. The minimum absolute atomic E-state index is 0.102. The van der Waals surface area contributed by atoms with E-state index in [2.05, 4.69) is 0 Å². The lowest BCUT2D eigenvalue weighted by Crippen LogP contribution is -2.31. The number of rotatable bonds is 4. The van der Waals surface area contributed by atoms with Crippen molar-refractivity contribution in [3.63, 3.8) is 0 Å². The maximum Gasteiger partial charge on any atom is 0.271 e. The fourth-order valence-electron chi connectivity index (χ4n) is 1.52. The molecular weight excluding hydrogens is 341 g/mol. The van der Waals surface area contributed by atoms with Crippen LogP contribution in [0.15, 0.2) is 34.5 Å². The largest absolute Gasteiger partial charge is 0.290 e. The number of nitrogen functional groups attached to an aromatic ring is 1. The highest BCUT2D eigenvalue weighted by Crippen LogP contribution is 2.29. The van der Waals surface area contributed by atoms with E-state index < -0.39 is 27.4 Å². The molecule has 0 bridgehead atoms. The number of hydrazine groups is 1. The van der Waals surface area contributed by atoms with Gasteiger partial charge in [-0.3, -0.25) is 14.9 Å². The van der Waals surface area contributed by atoms with Gasteiger partial charge < -0.3 is 0 Å². The zero-order valence-electron chi connectivity index (χ0n) is 10.3. The number of para-hydroxylation sites is 1. The molecule has 1 amide bonds. The molecule has 0 aliphatic heterocycles. The second kappa shape index (κ2) is 5.98. The highest BCUT2D eigenvalue weighted by molar-refractivity contribution is 7.94. The number of thiophene rings is 1.